The van der Waals surface area contributed by atoms with E-state index in [1.165, 1.54) is 83.5 Å². The molecule has 0 spiro atoms. The second-order valence-corrected chi connectivity index (χ2v) is 9.73. The number of carbonyl (C=O) groups is 1. The second kappa shape index (κ2) is 9.50. The molecule has 0 bridgehead atoms. The maximum atomic E-state index is 12.4. The number of carbonyl (C=O) groups excluding carboxylic acids is 1. The lowest BCUT2D eigenvalue weighted by Gasteiger charge is -2.67. The maximum absolute atomic E-state index is 12.4. The van der Waals surface area contributed by atoms with E-state index in [1.807, 2.05) is 6.08 Å². The number of amides is 1. The van der Waals surface area contributed by atoms with Gasteiger partial charge in [-0.05, 0) is 74.3 Å². The predicted molar refractivity (Wildman–Crippen MR) is 114 cm³/mol. The summed E-state index contributed by atoms with van der Waals surface area (Å²) < 4.78 is 5.67. The number of rotatable bonds is 5. The summed E-state index contributed by atoms with van der Waals surface area (Å²) in [5.41, 5.74) is 0.571. The molecule has 28 heavy (non-hydrogen) atoms. The van der Waals surface area contributed by atoms with Crippen molar-refractivity contribution in [2.45, 2.75) is 102 Å². The van der Waals surface area contributed by atoms with Gasteiger partial charge < -0.3 is 10.1 Å². The number of fused-ring (bicyclic) bond motifs is 1. The minimum absolute atomic E-state index is 0.0628. The summed E-state index contributed by atoms with van der Waals surface area (Å²) >= 11 is 0. The lowest BCUT2D eigenvalue weighted by atomic mass is 9.40. The first-order valence-corrected chi connectivity index (χ1v) is 12.1. The van der Waals surface area contributed by atoms with E-state index >= 15 is 0 Å². The zero-order valence-electron chi connectivity index (χ0n) is 17.6. The predicted octanol–water partition coefficient (Wildman–Crippen LogP) is 6.05. The van der Waals surface area contributed by atoms with Crippen LogP contribution in [0.3, 0.4) is 0 Å². The summed E-state index contributed by atoms with van der Waals surface area (Å²) in [7, 11) is 0. The molecule has 0 saturated heterocycles. The zero-order chi connectivity index (χ0) is 19.2. The molecule has 0 aliphatic heterocycles. The summed E-state index contributed by atoms with van der Waals surface area (Å²) in [6.45, 7) is 0.163. The average molecular weight is 386 g/mol. The zero-order valence-corrected chi connectivity index (χ0v) is 17.6. The Labute approximate surface area is 171 Å². The van der Waals surface area contributed by atoms with Crippen LogP contribution in [0.25, 0.3) is 0 Å². The topological polar surface area (TPSA) is 38.3 Å². The van der Waals surface area contributed by atoms with E-state index in [4.69, 9.17) is 4.74 Å². The molecular formula is C25H39NO2. The average Bonchev–Trinajstić information content (AvgIpc) is 2.76. The van der Waals surface area contributed by atoms with E-state index in [0.717, 1.165) is 30.4 Å². The van der Waals surface area contributed by atoms with Crippen molar-refractivity contribution in [3.05, 3.63) is 24.0 Å². The van der Waals surface area contributed by atoms with Crippen LogP contribution >= 0.6 is 0 Å². The molecule has 156 valence electrons. The highest BCUT2D eigenvalue weighted by atomic mass is 16.5. The van der Waals surface area contributed by atoms with Gasteiger partial charge in [0.2, 0.25) is 0 Å². The van der Waals surface area contributed by atoms with Crippen molar-refractivity contribution in [1.82, 2.24) is 5.32 Å². The molecule has 4 aliphatic carbocycles. The lowest BCUT2D eigenvalue weighted by molar-refractivity contribution is -0.162. The van der Waals surface area contributed by atoms with Crippen LogP contribution in [-0.2, 0) is 9.53 Å². The summed E-state index contributed by atoms with van der Waals surface area (Å²) in [4.78, 5) is 12.4. The van der Waals surface area contributed by atoms with Crippen molar-refractivity contribution < 1.29 is 9.53 Å². The number of hydrogen-bond acceptors (Lipinski definition) is 2. The molecule has 1 N–H and O–H groups in total. The number of ether oxygens (including phenoxy) is 1. The van der Waals surface area contributed by atoms with Gasteiger partial charge in [0.05, 0.1) is 0 Å². The molecule has 3 fully saturated rings. The molecule has 3 atom stereocenters. The normalized spacial score (nSPS) is 34.1. The van der Waals surface area contributed by atoms with Crippen LogP contribution in [0, 0.1) is 17.3 Å². The standard InChI is InChI=1S/C25H39NO2/c27-24(19-28-21-14-10-7-11-15-21)26-23-18-25(17-16-22(23)25)20-12-8-5-3-1-2-4-6-9-13-20/h10,14-15,20,22-23H,1-9,11-13,16-19H2,(H,26,27). The Hall–Kier alpha value is -1.25. The second-order valence-electron chi connectivity index (χ2n) is 9.73. The Morgan fingerprint density at radius 2 is 1.71 bits per heavy atom. The van der Waals surface area contributed by atoms with Crippen molar-refractivity contribution in [3.8, 4) is 0 Å². The van der Waals surface area contributed by atoms with Crippen molar-refractivity contribution in [1.29, 1.82) is 0 Å². The van der Waals surface area contributed by atoms with Gasteiger partial charge >= 0.3 is 0 Å². The minimum Gasteiger partial charge on any atom is -0.484 e. The van der Waals surface area contributed by atoms with Gasteiger partial charge in [-0.15, -0.1) is 0 Å². The first kappa shape index (κ1) is 20.0. The van der Waals surface area contributed by atoms with Crippen LogP contribution in [0.2, 0.25) is 0 Å². The fourth-order valence-corrected chi connectivity index (χ4v) is 6.41. The summed E-state index contributed by atoms with van der Waals surface area (Å²) in [6, 6.07) is 0.402. The van der Waals surface area contributed by atoms with E-state index in [9.17, 15) is 4.79 Å². The number of nitrogens with one attached hydrogen (secondary N) is 1. The van der Waals surface area contributed by atoms with Crippen LogP contribution in [0.1, 0.15) is 96.3 Å². The van der Waals surface area contributed by atoms with E-state index in [1.54, 1.807) is 0 Å². The smallest absolute Gasteiger partial charge is 0.258 e. The van der Waals surface area contributed by atoms with Crippen molar-refractivity contribution in [3.63, 3.8) is 0 Å². The lowest BCUT2D eigenvalue weighted by Crippen LogP contribution is -2.67. The van der Waals surface area contributed by atoms with E-state index in [2.05, 4.69) is 17.5 Å². The number of allylic oxidation sites excluding steroid dienone is 3. The summed E-state index contributed by atoms with van der Waals surface area (Å²) in [5.74, 6) is 2.56. The molecule has 4 aliphatic rings. The van der Waals surface area contributed by atoms with E-state index < -0.39 is 0 Å². The third-order valence-electron chi connectivity index (χ3n) is 8.09. The Bertz CT molecular complexity index is 583. The highest BCUT2D eigenvalue weighted by Gasteiger charge is 2.62. The minimum atomic E-state index is 0.0628. The molecule has 3 unspecified atom stereocenters. The van der Waals surface area contributed by atoms with Gasteiger partial charge in [0.25, 0.3) is 5.91 Å². The SMILES string of the molecule is O=C(COC1=CCCC=C1)NC1CC2(C3CCCCCCCCCC3)CCC12. The van der Waals surface area contributed by atoms with Gasteiger partial charge in [-0.3, -0.25) is 4.79 Å². The van der Waals surface area contributed by atoms with Gasteiger partial charge in [-0.1, -0.05) is 57.4 Å². The molecule has 1 amide bonds. The Morgan fingerprint density at radius 3 is 2.29 bits per heavy atom. The molecule has 3 nitrogen and oxygen atoms in total. The molecule has 0 heterocycles. The molecule has 3 heteroatoms. The van der Waals surface area contributed by atoms with E-state index in [-0.39, 0.29) is 12.5 Å². The highest BCUT2D eigenvalue weighted by molar-refractivity contribution is 5.78. The van der Waals surface area contributed by atoms with Gasteiger partial charge in [-0.25, -0.2) is 0 Å². The third-order valence-corrected chi connectivity index (χ3v) is 8.09. The molecule has 0 aromatic heterocycles. The molecule has 3 saturated carbocycles. The van der Waals surface area contributed by atoms with Gasteiger partial charge in [0.1, 0.15) is 5.76 Å². The van der Waals surface area contributed by atoms with Gasteiger partial charge in [0, 0.05) is 6.04 Å². The van der Waals surface area contributed by atoms with Crippen LogP contribution in [0.15, 0.2) is 24.0 Å². The molecule has 0 radical (unpaired) electrons. The Kier molecular flexibility index (Phi) is 6.80. The Balaban J connectivity index is 1.25. The maximum Gasteiger partial charge on any atom is 0.258 e. The first-order chi connectivity index (χ1) is 13.8. The van der Waals surface area contributed by atoms with Gasteiger partial charge in [-0.2, -0.15) is 0 Å². The number of hydrogen-bond donors (Lipinski definition) is 1. The molecule has 0 aromatic rings. The van der Waals surface area contributed by atoms with Gasteiger partial charge in [0.15, 0.2) is 6.61 Å². The summed E-state index contributed by atoms with van der Waals surface area (Å²) in [5, 5.41) is 3.30. The molecule has 4 rings (SSSR count). The fourth-order valence-electron chi connectivity index (χ4n) is 6.41. The van der Waals surface area contributed by atoms with Crippen LogP contribution in [-0.4, -0.2) is 18.6 Å². The van der Waals surface area contributed by atoms with Crippen LogP contribution in [0.4, 0.5) is 0 Å². The van der Waals surface area contributed by atoms with Crippen molar-refractivity contribution in [2.75, 3.05) is 6.61 Å². The summed E-state index contributed by atoms with van der Waals surface area (Å²) in [6.07, 6.45) is 26.5. The Morgan fingerprint density at radius 1 is 1.00 bits per heavy atom. The highest BCUT2D eigenvalue weighted by Crippen LogP contribution is 2.66. The van der Waals surface area contributed by atoms with Crippen LogP contribution < -0.4 is 5.32 Å². The van der Waals surface area contributed by atoms with Crippen molar-refractivity contribution >= 4 is 5.91 Å². The molecule has 0 aromatic carbocycles. The van der Waals surface area contributed by atoms with Crippen LogP contribution in [0.5, 0.6) is 0 Å². The largest absolute Gasteiger partial charge is 0.484 e. The fraction of sp³-hybridized carbons (Fsp3) is 0.800. The van der Waals surface area contributed by atoms with E-state index in [0.29, 0.717) is 11.5 Å². The quantitative estimate of drug-likeness (QED) is 0.625. The van der Waals surface area contributed by atoms with Crippen molar-refractivity contribution in [2.24, 2.45) is 17.3 Å². The first-order valence-electron chi connectivity index (χ1n) is 12.1. The third kappa shape index (κ3) is 4.49. The monoisotopic (exact) mass is 385 g/mol. The molecular weight excluding hydrogens is 346 g/mol.